The number of nitrogens with one attached hydrogen (secondary N) is 2. The van der Waals surface area contributed by atoms with Crippen LogP contribution in [0.1, 0.15) is 31.2 Å². The Hall–Kier alpha value is -3.54. The summed E-state index contributed by atoms with van der Waals surface area (Å²) < 4.78 is 51.6. The molecule has 2 amide bonds. The van der Waals surface area contributed by atoms with Crippen molar-refractivity contribution in [3.8, 4) is 0 Å². The first-order valence-corrected chi connectivity index (χ1v) is 9.49. The maximum absolute atomic E-state index is 14.4. The second kappa shape index (κ2) is 8.68. The second-order valence-electron chi connectivity index (χ2n) is 6.46. The van der Waals surface area contributed by atoms with Crippen molar-refractivity contribution in [3.63, 3.8) is 0 Å². The highest BCUT2D eigenvalue weighted by Crippen LogP contribution is 2.24. The molecule has 0 radical (unpaired) electrons. The number of carbonyl (C=O) groups excluding carboxylic acids is 2. The SMILES string of the molecule is Cc1cc(F)c(C(=O)Nc2ccc(CC(F)(F)F)cn2)cc1NC(=O)c1cnc(N)s1. The van der Waals surface area contributed by atoms with Crippen molar-refractivity contribution in [1.82, 2.24) is 9.97 Å². The molecule has 7 nitrogen and oxygen atoms in total. The monoisotopic (exact) mass is 453 g/mol. The Bertz CT molecular complexity index is 1130. The Labute approximate surface area is 177 Å². The number of rotatable bonds is 5. The average Bonchev–Trinajstić information content (AvgIpc) is 3.10. The van der Waals surface area contributed by atoms with Gasteiger partial charge in [0.05, 0.1) is 18.2 Å². The molecular weight excluding hydrogens is 438 g/mol. The maximum Gasteiger partial charge on any atom is 0.393 e. The Morgan fingerprint density at radius 3 is 2.42 bits per heavy atom. The largest absolute Gasteiger partial charge is 0.393 e. The van der Waals surface area contributed by atoms with Gasteiger partial charge in [0.25, 0.3) is 11.8 Å². The smallest absolute Gasteiger partial charge is 0.375 e. The van der Waals surface area contributed by atoms with Crippen LogP contribution in [0.2, 0.25) is 0 Å². The zero-order valence-electron chi connectivity index (χ0n) is 15.9. The van der Waals surface area contributed by atoms with E-state index in [1.54, 1.807) is 6.92 Å². The number of thiazole rings is 1. The molecule has 0 spiro atoms. The molecule has 0 bridgehead atoms. The Balaban J connectivity index is 1.76. The van der Waals surface area contributed by atoms with Crippen molar-refractivity contribution in [3.05, 3.63) is 64.0 Å². The summed E-state index contributed by atoms with van der Waals surface area (Å²) in [7, 11) is 0. The first-order valence-electron chi connectivity index (χ1n) is 8.67. The molecule has 2 heterocycles. The van der Waals surface area contributed by atoms with Crippen LogP contribution in [0.25, 0.3) is 0 Å². The molecule has 0 atom stereocenters. The number of anilines is 3. The van der Waals surface area contributed by atoms with Gasteiger partial charge in [0.2, 0.25) is 0 Å². The Kier molecular flexibility index (Phi) is 6.20. The van der Waals surface area contributed by atoms with Crippen molar-refractivity contribution in [2.24, 2.45) is 0 Å². The van der Waals surface area contributed by atoms with Crippen LogP contribution >= 0.6 is 11.3 Å². The van der Waals surface area contributed by atoms with Crippen molar-refractivity contribution in [1.29, 1.82) is 0 Å². The summed E-state index contributed by atoms with van der Waals surface area (Å²) in [5.41, 5.74) is 5.59. The topological polar surface area (TPSA) is 110 Å². The van der Waals surface area contributed by atoms with Gasteiger partial charge in [-0.25, -0.2) is 14.4 Å². The summed E-state index contributed by atoms with van der Waals surface area (Å²) in [6.45, 7) is 1.54. The van der Waals surface area contributed by atoms with Gasteiger partial charge in [-0.3, -0.25) is 9.59 Å². The lowest BCUT2D eigenvalue weighted by Crippen LogP contribution is -2.17. The van der Waals surface area contributed by atoms with Gasteiger partial charge in [0.15, 0.2) is 5.13 Å². The number of halogens is 4. The molecule has 0 fully saturated rings. The predicted octanol–water partition coefficient (Wildman–Crippen LogP) is 4.18. The number of nitrogen functional groups attached to an aromatic ring is 1. The first kappa shape index (κ1) is 22.2. The molecule has 0 saturated heterocycles. The molecule has 2 aromatic heterocycles. The lowest BCUT2D eigenvalue weighted by atomic mass is 10.1. The second-order valence-corrected chi connectivity index (χ2v) is 7.52. The van der Waals surface area contributed by atoms with Crippen LogP contribution in [0.5, 0.6) is 0 Å². The molecule has 31 heavy (non-hydrogen) atoms. The minimum atomic E-state index is -4.39. The molecule has 0 aliphatic carbocycles. The van der Waals surface area contributed by atoms with Gasteiger partial charge in [-0.2, -0.15) is 13.2 Å². The summed E-state index contributed by atoms with van der Waals surface area (Å²) in [5.74, 6) is -2.31. The normalized spacial score (nSPS) is 11.3. The standard InChI is InChI=1S/C19H15F4N5O2S/c1-9-4-12(20)11(5-13(9)27-17(30)14-8-26-18(24)31-14)16(29)28-15-3-2-10(7-25-15)6-19(21,22)23/h2-5,7-8H,6H2,1H3,(H2,24,26)(H,27,30)(H,25,28,29). The molecule has 0 aliphatic rings. The van der Waals surface area contributed by atoms with Gasteiger partial charge in [0, 0.05) is 11.9 Å². The van der Waals surface area contributed by atoms with E-state index < -0.39 is 30.2 Å². The summed E-state index contributed by atoms with van der Waals surface area (Å²) in [5, 5.41) is 5.08. The van der Waals surface area contributed by atoms with Gasteiger partial charge in [0.1, 0.15) is 16.5 Å². The molecule has 0 aliphatic heterocycles. The third kappa shape index (κ3) is 5.75. The molecule has 0 unspecified atom stereocenters. The van der Waals surface area contributed by atoms with Crippen LogP contribution in [0, 0.1) is 12.7 Å². The summed E-state index contributed by atoms with van der Waals surface area (Å²) in [6.07, 6.45) is -3.28. The number of aryl methyl sites for hydroxylation is 1. The minimum Gasteiger partial charge on any atom is -0.375 e. The van der Waals surface area contributed by atoms with E-state index in [2.05, 4.69) is 20.6 Å². The van der Waals surface area contributed by atoms with E-state index in [1.165, 1.54) is 12.3 Å². The van der Waals surface area contributed by atoms with Crippen LogP contribution in [-0.2, 0) is 6.42 Å². The molecule has 1 aromatic carbocycles. The molecule has 162 valence electrons. The molecule has 12 heteroatoms. The van der Waals surface area contributed by atoms with Crippen molar-refractivity contribution < 1.29 is 27.2 Å². The van der Waals surface area contributed by atoms with Crippen LogP contribution in [0.3, 0.4) is 0 Å². The molecule has 0 saturated carbocycles. The Morgan fingerprint density at radius 2 is 1.84 bits per heavy atom. The van der Waals surface area contributed by atoms with Gasteiger partial charge < -0.3 is 16.4 Å². The number of amides is 2. The van der Waals surface area contributed by atoms with E-state index in [0.29, 0.717) is 5.56 Å². The molecule has 4 N–H and O–H groups in total. The summed E-state index contributed by atoms with van der Waals surface area (Å²) >= 11 is 0.963. The highest BCUT2D eigenvalue weighted by Gasteiger charge is 2.27. The van der Waals surface area contributed by atoms with E-state index >= 15 is 0 Å². The van der Waals surface area contributed by atoms with Gasteiger partial charge >= 0.3 is 6.18 Å². The maximum atomic E-state index is 14.4. The number of nitrogens with two attached hydrogens (primary N) is 1. The number of carbonyl (C=O) groups is 2. The minimum absolute atomic E-state index is 0.0541. The van der Waals surface area contributed by atoms with Crippen molar-refractivity contribution >= 4 is 39.8 Å². The van der Waals surface area contributed by atoms with Crippen molar-refractivity contribution in [2.75, 3.05) is 16.4 Å². The highest BCUT2D eigenvalue weighted by atomic mass is 32.1. The fourth-order valence-corrected chi connectivity index (χ4v) is 3.16. The third-order valence-electron chi connectivity index (χ3n) is 4.03. The predicted molar refractivity (Wildman–Crippen MR) is 108 cm³/mol. The number of aromatic nitrogens is 2. The lowest BCUT2D eigenvalue weighted by molar-refractivity contribution is -0.127. The highest BCUT2D eigenvalue weighted by molar-refractivity contribution is 7.17. The quantitative estimate of drug-likeness (QED) is 0.502. The lowest BCUT2D eigenvalue weighted by Gasteiger charge is -2.12. The third-order valence-corrected chi connectivity index (χ3v) is 4.85. The molecular formula is C19H15F4N5O2S. The van der Waals surface area contributed by atoms with E-state index in [4.69, 9.17) is 5.73 Å². The number of alkyl halides is 3. The van der Waals surface area contributed by atoms with Crippen LogP contribution < -0.4 is 16.4 Å². The number of hydrogen-bond donors (Lipinski definition) is 3. The number of benzene rings is 1. The van der Waals surface area contributed by atoms with E-state index in [1.807, 2.05) is 0 Å². The number of nitrogens with zero attached hydrogens (tertiary/aromatic N) is 2. The number of pyridine rings is 1. The van der Waals surface area contributed by atoms with Crippen LogP contribution in [-0.4, -0.2) is 28.0 Å². The van der Waals surface area contributed by atoms with Gasteiger partial charge in [-0.15, -0.1) is 0 Å². The first-order chi connectivity index (χ1) is 14.5. The molecule has 3 rings (SSSR count). The summed E-state index contributed by atoms with van der Waals surface area (Å²) in [6, 6.07) is 4.57. The fraction of sp³-hybridized carbons (Fsp3) is 0.158. The zero-order valence-corrected chi connectivity index (χ0v) is 16.7. The van der Waals surface area contributed by atoms with E-state index in [0.717, 1.165) is 35.7 Å². The van der Waals surface area contributed by atoms with Crippen LogP contribution in [0.15, 0.2) is 36.7 Å². The summed E-state index contributed by atoms with van der Waals surface area (Å²) in [4.78, 5) is 32.5. The fourth-order valence-electron chi connectivity index (χ4n) is 2.58. The van der Waals surface area contributed by atoms with Gasteiger partial charge in [-0.05, 0) is 36.2 Å². The van der Waals surface area contributed by atoms with Gasteiger partial charge in [-0.1, -0.05) is 17.4 Å². The van der Waals surface area contributed by atoms with Crippen molar-refractivity contribution in [2.45, 2.75) is 19.5 Å². The van der Waals surface area contributed by atoms with Crippen LogP contribution in [0.4, 0.5) is 34.2 Å². The zero-order chi connectivity index (χ0) is 22.8. The van der Waals surface area contributed by atoms with E-state index in [9.17, 15) is 27.2 Å². The average molecular weight is 453 g/mol. The molecule has 3 aromatic rings. The van der Waals surface area contributed by atoms with E-state index in [-0.39, 0.29) is 32.6 Å². The number of hydrogen-bond acceptors (Lipinski definition) is 6. The Morgan fingerprint density at radius 1 is 1.10 bits per heavy atom.